The van der Waals surface area contributed by atoms with Gasteiger partial charge >= 0.3 is 12.1 Å². The molecule has 13 heteroatoms. The van der Waals surface area contributed by atoms with E-state index in [1.807, 2.05) is 48.5 Å². The van der Waals surface area contributed by atoms with Gasteiger partial charge in [0.2, 0.25) is 11.8 Å². The standard InChI is InChI=1S/C37H51N5O8/c43-33(40-22-31(36(45)46)41-35(44)34(27-14-6-2-7-15-27)28-16-8-3-9-17-28)25-48-30-20-29(21-39-32-18-10-11-19-38-32)42(23-30)50-37(47)49-24-26-12-4-1-5-13-26/h1,4-5,10-13,18-19,27-31,34H,2-3,6-9,14-17,20-25H2,(H,38,39)(H,40,43)(H,41,44)(H,45,46). The monoisotopic (exact) mass is 693 g/mol. The Morgan fingerprint density at radius 3 is 2.22 bits per heavy atom. The van der Waals surface area contributed by atoms with Gasteiger partial charge in [0, 0.05) is 25.2 Å². The number of pyridine rings is 1. The fourth-order valence-corrected chi connectivity index (χ4v) is 7.52. The summed E-state index contributed by atoms with van der Waals surface area (Å²) in [6, 6.07) is 13.2. The molecule has 13 nitrogen and oxygen atoms in total. The first-order valence-electron chi connectivity index (χ1n) is 18.1. The highest BCUT2D eigenvalue weighted by atomic mass is 16.8. The van der Waals surface area contributed by atoms with Gasteiger partial charge in [-0.15, -0.1) is 5.06 Å². The number of carboxylic acid groups (broad SMARTS) is 1. The average Bonchev–Trinajstić information content (AvgIpc) is 3.53. The molecule has 1 aromatic heterocycles. The Balaban J connectivity index is 1.11. The average molecular weight is 694 g/mol. The molecule has 4 N–H and O–H groups in total. The molecule has 0 radical (unpaired) electrons. The molecule has 5 rings (SSSR count). The first-order chi connectivity index (χ1) is 24.4. The van der Waals surface area contributed by atoms with Gasteiger partial charge in [-0.3, -0.25) is 9.59 Å². The molecule has 1 saturated heterocycles. The molecule has 1 aliphatic heterocycles. The van der Waals surface area contributed by atoms with Crippen molar-refractivity contribution in [2.45, 2.75) is 95.4 Å². The zero-order valence-electron chi connectivity index (χ0n) is 28.7. The molecule has 2 amide bonds. The normalized spacial score (nSPS) is 20.9. The Kier molecular flexibility index (Phi) is 14.3. The summed E-state index contributed by atoms with van der Waals surface area (Å²) in [5.74, 6) is -0.907. The van der Waals surface area contributed by atoms with Crippen molar-refractivity contribution < 1.29 is 38.6 Å². The number of nitrogens with one attached hydrogen (secondary N) is 3. The van der Waals surface area contributed by atoms with Crippen LogP contribution in [0, 0.1) is 17.8 Å². The Morgan fingerprint density at radius 2 is 1.58 bits per heavy atom. The van der Waals surface area contributed by atoms with Gasteiger partial charge in [-0.05, 0) is 61.6 Å². The number of amides is 2. The lowest BCUT2D eigenvalue weighted by Gasteiger charge is -2.37. The number of hydrogen-bond donors (Lipinski definition) is 4. The second-order valence-corrected chi connectivity index (χ2v) is 13.7. The molecular formula is C37H51N5O8. The highest BCUT2D eigenvalue weighted by Crippen LogP contribution is 2.40. The number of hydrogen-bond acceptors (Lipinski definition) is 10. The maximum atomic E-state index is 13.6. The zero-order valence-corrected chi connectivity index (χ0v) is 28.7. The Hall–Kier alpha value is -4.23. The van der Waals surface area contributed by atoms with E-state index in [1.165, 1.54) is 17.9 Å². The molecule has 3 atom stereocenters. The largest absolute Gasteiger partial charge is 0.528 e. The topological polar surface area (TPSA) is 168 Å². The third-order valence-corrected chi connectivity index (χ3v) is 10.1. The van der Waals surface area contributed by atoms with Crippen molar-refractivity contribution in [2.75, 3.05) is 31.6 Å². The molecule has 3 fully saturated rings. The van der Waals surface area contributed by atoms with Crippen LogP contribution in [0.3, 0.4) is 0 Å². The number of aromatic nitrogens is 1. The van der Waals surface area contributed by atoms with E-state index >= 15 is 0 Å². The smallest absolute Gasteiger partial charge is 0.480 e. The number of hydroxylamine groups is 2. The van der Waals surface area contributed by atoms with Gasteiger partial charge < -0.3 is 35.4 Å². The molecule has 2 aromatic rings. The van der Waals surface area contributed by atoms with Crippen LogP contribution in [0.1, 0.15) is 76.2 Å². The van der Waals surface area contributed by atoms with Gasteiger partial charge in [0.05, 0.1) is 18.7 Å². The maximum Gasteiger partial charge on any atom is 0.528 e. The molecule has 2 saturated carbocycles. The van der Waals surface area contributed by atoms with Crippen LogP contribution >= 0.6 is 0 Å². The summed E-state index contributed by atoms with van der Waals surface area (Å²) in [5.41, 5.74) is 0.824. The first-order valence-corrected chi connectivity index (χ1v) is 18.1. The Bertz CT molecular complexity index is 1350. The quantitative estimate of drug-likeness (QED) is 0.180. The lowest BCUT2D eigenvalue weighted by molar-refractivity contribution is -0.144. The summed E-state index contributed by atoms with van der Waals surface area (Å²) in [5, 5.41) is 20.1. The minimum Gasteiger partial charge on any atom is -0.480 e. The minimum absolute atomic E-state index is 0.0596. The lowest BCUT2D eigenvalue weighted by Crippen LogP contribution is -2.52. The van der Waals surface area contributed by atoms with Crippen LogP contribution < -0.4 is 16.0 Å². The minimum atomic E-state index is -1.25. The van der Waals surface area contributed by atoms with Gasteiger partial charge in [0.1, 0.15) is 25.1 Å². The van der Waals surface area contributed by atoms with Gasteiger partial charge in [0.15, 0.2) is 0 Å². The van der Waals surface area contributed by atoms with E-state index in [-0.39, 0.29) is 56.0 Å². The third kappa shape index (κ3) is 11.4. The second-order valence-electron chi connectivity index (χ2n) is 13.7. The summed E-state index contributed by atoms with van der Waals surface area (Å²) < 4.78 is 11.2. The summed E-state index contributed by atoms with van der Waals surface area (Å²) in [7, 11) is 0. The highest BCUT2D eigenvalue weighted by molar-refractivity contribution is 5.86. The Labute approximate surface area is 293 Å². The van der Waals surface area contributed by atoms with Crippen LogP contribution in [0.4, 0.5) is 10.6 Å². The van der Waals surface area contributed by atoms with Crippen LogP contribution in [0.2, 0.25) is 0 Å². The molecule has 1 aromatic carbocycles. The number of ether oxygens (including phenoxy) is 2. The summed E-state index contributed by atoms with van der Waals surface area (Å²) >= 11 is 0. The lowest BCUT2D eigenvalue weighted by atomic mass is 9.69. The highest BCUT2D eigenvalue weighted by Gasteiger charge is 2.39. The Morgan fingerprint density at radius 1 is 0.900 bits per heavy atom. The molecule has 2 heterocycles. The SMILES string of the molecule is O=C(COC1CC(CNc2ccccn2)N(OC(=O)OCc2ccccc2)C1)NCC(NC(=O)C(C1CCCCC1)C1CCCCC1)C(=O)O. The van der Waals surface area contributed by atoms with Crippen LogP contribution in [0.25, 0.3) is 0 Å². The molecule has 0 spiro atoms. The molecule has 272 valence electrons. The predicted octanol–water partition coefficient (Wildman–Crippen LogP) is 4.68. The van der Waals surface area contributed by atoms with Crippen molar-refractivity contribution >= 4 is 29.8 Å². The fraction of sp³-hybridized carbons (Fsp3) is 0.595. The van der Waals surface area contributed by atoms with Crippen LogP contribution in [0.15, 0.2) is 54.7 Å². The van der Waals surface area contributed by atoms with Crippen LogP contribution in [0.5, 0.6) is 0 Å². The van der Waals surface area contributed by atoms with Crippen molar-refractivity contribution in [2.24, 2.45) is 17.8 Å². The van der Waals surface area contributed by atoms with Crippen LogP contribution in [-0.4, -0.2) is 83.5 Å². The number of rotatable bonds is 16. The molecular weight excluding hydrogens is 642 g/mol. The van der Waals surface area contributed by atoms with Gasteiger partial charge in [0.25, 0.3) is 0 Å². The zero-order chi connectivity index (χ0) is 35.1. The van der Waals surface area contributed by atoms with Gasteiger partial charge in [-0.2, -0.15) is 0 Å². The van der Waals surface area contributed by atoms with Crippen molar-refractivity contribution in [3.05, 3.63) is 60.3 Å². The summed E-state index contributed by atoms with van der Waals surface area (Å²) in [4.78, 5) is 61.0. The van der Waals surface area contributed by atoms with E-state index in [0.717, 1.165) is 56.9 Å². The maximum absolute atomic E-state index is 13.6. The van der Waals surface area contributed by atoms with Crippen molar-refractivity contribution in [3.63, 3.8) is 0 Å². The summed E-state index contributed by atoms with van der Waals surface area (Å²) in [6.07, 6.45) is 11.6. The molecule has 3 aliphatic rings. The number of benzene rings is 1. The summed E-state index contributed by atoms with van der Waals surface area (Å²) in [6.45, 7) is 0.0567. The van der Waals surface area contributed by atoms with E-state index in [2.05, 4.69) is 20.9 Å². The van der Waals surface area contributed by atoms with E-state index in [0.29, 0.717) is 18.8 Å². The first kappa shape index (κ1) is 37.0. The fourth-order valence-electron chi connectivity index (χ4n) is 7.52. The number of anilines is 1. The predicted molar refractivity (Wildman–Crippen MR) is 185 cm³/mol. The third-order valence-electron chi connectivity index (χ3n) is 10.1. The molecule has 3 unspecified atom stereocenters. The number of nitrogens with zero attached hydrogens (tertiary/aromatic N) is 2. The van der Waals surface area contributed by atoms with Crippen molar-refractivity contribution in [1.82, 2.24) is 20.7 Å². The number of carboxylic acids is 1. The molecule has 2 aliphatic carbocycles. The van der Waals surface area contributed by atoms with Crippen molar-refractivity contribution in [3.8, 4) is 0 Å². The van der Waals surface area contributed by atoms with Gasteiger partial charge in [-0.25, -0.2) is 14.6 Å². The van der Waals surface area contributed by atoms with Crippen molar-refractivity contribution in [1.29, 1.82) is 0 Å². The van der Waals surface area contributed by atoms with E-state index in [4.69, 9.17) is 14.3 Å². The number of carbonyl (C=O) groups is 4. The number of aliphatic carboxylic acids is 1. The number of carbonyl (C=O) groups excluding carboxylic acids is 3. The second kappa shape index (κ2) is 19.2. The van der Waals surface area contributed by atoms with E-state index < -0.39 is 30.2 Å². The molecule has 50 heavy (non-hydrogen) atoms. The van der Waals surface area contributed by atoms with E-state index in [9.17, 15) is 24.3 Å². The molecule has 0 bridgehead atoms. The van der Waals surface area contributed by atoms with Gasteiger partial charge in [-0.1, -0.05) is 74.9 Å². The van der Waals surface area contributed by atoms with Crippen LogP contribution in [-0.2, 0) is 35.3 Å². The van der Waals surface area contributed by atoms with E-state index in [1.54, 1.807) is 6.20 Å².